The molecule has 2 unspecified atom stereocenters. The van der Waals surface area contributed by atoms with Gasteiger partial charge in [0.15, 0.2) is 0 Å². The van der Waals surface area contributed by atoms with Crippen LogP contribution in [-0.2, 0) is 12.8 Å². The molecule has 2 atom stereocenters. The van der Waals surface area contributed by atoms with Gasteiger partial charge in [-0.05, 0) is 82.3 Å². The first kappa shape index (κ1) is 25.4. The highest BCUT2D eigenvalue weighted by atomic mass is 16.3. The highest BCUT2D eigenvalue weighted by Crippen LogP contribution is 2.34. The lowest BCUT2D eigenvalue weighted by molar-refractivity contribution is 0.476. The molecule has 0 aromatic heterocycles. The SMILES string of the molecule is CC(Cc1ccc(O)c(-c2ccccc2)c1)c1cccc(CC(C)c2ccc(O)c(-c3ccccc3)c2)c1. The highest BCUT2D eigenvalue weighted by Gasteiger charge is 2.14. The lowest BCUT2D eigenvalue weighted by Crippen LogP contribution is -2.02. The second-order valence-corrected chi connectivity index (χ2v) is 10.3. The fraction of sp³-hybridized carbons (Fsp3) is 0.167. The summed E-state index contributed by atoms with van der Waals surface area (Å²) >= 11 is 0. The number of phenols is 2. The van der Waals surface area contributed by atoms with Crippen LogP contribution in [0.15, 0.2) is 121 Å². The predicted molar refractivity (Wildman–Crippen MR) is 158 cm³/mol. The summed E-state index contributed by atoms with van der Waals surface area (Å²) in [6.45, 7) is 4.52. The van der Waals surface area contributed by atoms with Gasteiger partial charge >= 0.3 is 0 Å². The second kappa shape index (κ2) is 11.4. The van der Waals surface area contributed by atoms with Crippen LogP contribution in [0.25, 0.3) is 22.3 Å². The van der Waals surface area contributed by atoms with Gasteiger partial charge in [-0.3, -0.25) is 0 Å². The maximum atomic E-state index is 10.5. The maximum Gasteiger partial charge on any atom is 0.123 e. The van der Waals surface area contributed by atoms with Gasteiger partial charge in [-0.1, -0.05) is 111 Å². The van der Waals surface area contributed by atoms with Gasteiger partial charge in [0.1, 0.15) is 11.5 Å². The molecule has 2 heteroatoms. The normalized spacial score (nSPS) is 12.7. The summed E-state index contributed by atoms with van der Waals surface area (Å²) in [6.07, 6.45) is 1.83. The number of aromatic hydroxyl groups is 2. The van der Waals surface area contributed by atoms with E-state index in [1.54, 1.807) is 0 Å². The van der Waals surface area contributed by atoms with Crippen LogP contribution >= 0.6 is 0 Å². The lowest BCUT2D eigenvalue weighted by Gasteiger charge is -2.17. The van der Waals surface area contributed by atoms with Crippen molar-refractivity contribution in [3.63, 3.8) is 0 Å². The van der Waals surface area contributed by atoms with Crippen molar-refractivity contribution in [1.82, 2.24) is 0 Å². The van der Waals surface area contributed by atoms with E-state index in [9.17, 15) is 10.2 Å². The molecule has 0 radical (unpaired) electrons. The van der Waals surface area contributed by atoms with Crippen LogP contribution in [0, 0.1) is 0 Å². The summed E-state index contributed by atoms with van der Waals surface area (Å²) < 4.78 is 0. The van der Waals surface area contributed by atoms with E-state index >= 15 is 0 Å². The molecule has 190 valence electrons. The Kier molecular flexibility index (Phi) is 7.60. The summed E-state index contributed by atoms with van der Waals surface area (Å²) in [6, 6.07) is 40.9. The van der Waals surface area contributed by atoms with Crippen molar-refractivity contribution < 1.29 is 10.2 Å². The van der Waals surface area contributed by atoms with Crippen molar-refractivity contribution in [2.75, 3.05) is 0 Å². The smallest absolute Gasteiger partial charge is 0.123 e. The van der Waals surface area contributed by atoms with Crippen LogP contribution < -0.4 is 0 Å². The summed E-state index contributed by atoms with van der Waals surface area (Å²) in [5.41, 5.74) is 8.87. The average molecular weight is 499 g/mol. The number of benzene rings is 5. The fourth-order valence-electron chi connectivity index (χ4n) is 5.24. The molecule has 0 spiro atoms. The van der Waals surface area contributed by atoms with Crippen molar-refractivity contribution in [2.45, 2.75) is 38.5 Å². The largest absolute Gasteiger partial charge is 0.507 e. The van der Waals surface area contributed by atoms with Crippen molar-refractivity contribution in [3.8, 4) is 33.8 Å². The van der Waals surface area contributed by atoms with E-state index in [2.05, 4.69) is 50.2 Å². The third kappa shape index (κ3) is 5.81. The number of rotatable bonds is 8. The Morgan fingerprint density at radius 1 is 0.474 bits per heavy atom. The van der Waals surface area contributed by atoms with Gasteiger partial charge in [0.25, 0.3) is 0 Å². The van der Waals surface area contributed by atoms with Crippen LogP contribution in [0.2, 0.25) is 0 Å². The zero-order chi connectivity index (χ0) is 26.5. The minimum atomic E-state index is 0.313. The van der Waals surface area contributed by atoms with Crippen LogP contribution in [0.1, 0.15) is 47.9 Å². The van der Waals surface area contributed by atoms with Crippen molar-refractivity contribution in [1.29, 1.82) is 0 Å². The molecule has 0 fully saturated rings. The van der Waals surface area contributed by atoms with Gasteiger partial charge < -0.3 is 10.2 Å². The molecule has 0 amide bonds. The molecule has 38 heavy (non-hydrogen) atoms. The molecule has 0 aliphatic carbocycles. The molecule has 5 rings (SSSR count). The first-order valence-electron chi connectivity index (χ1n) is 13.3. The van der Waals surface area contributed by atoms with Crippen LogP contribution in [0.5, 0.6) is 11.5 Å². The topological polar surface area (TPSA) is 40.5 Å². The molecule has 5 aromatic carbocycles. The average Bonchev–Trinajstić information content (AvgIpc) is 2.95. The Morgan fingerprint density at radius 3 is 1.58 bits per heavy atom. The molecule has 2 nitrogen and oxygen atoms in total. The van der Waals surface area contributed by atoms with E-state index in [4.69, 9.17) is 0 Å². The molecule has 2 N–H and O–H groups in total. The van der Waals surface area contributed by atoms with E-state index < -0.39 is 0 Å². The van der Waals surface area contributed by atoms with Crippen molar-refractivity contribution in [2.24, 2.45) is 0 Å². The fourth-order valence-corrected chi connectivity index (χ4v) is 5.24. The Labute approximate surface area is 225 Å². The van der Waals surface area contributed by atoms with E-state index in [1.807, 2.05) is 84.9 Å². The molecule has 5 aromatic rings. The maximum absolute atomic E-state index is 10.5. The van der Waals surface area contributed by atoms with E-state index in [0.29, 0.717) is 23.3 Å². The Balaban J connectivity index is 1.31. The molecular formula is C36H34O2. The summed E-state index contributed by atoms with van der Waals surface area (Å²) in [5, 5.41) is 20.9. The van der Waals surface area contributed by atoms with E-state index in [1.165, 1.54) is 22.3 Å². The predicted octanol–water partition coefficient (Wildman–Crippen LogP) is 9.12. The van der Waals surface area contributed by atoms with Gasteiger partial charge in [-0.2, -0.15) is 0 Å². The van der Waals surface area contributed by atoms with Crippen LogP contribution in [-0.4, -0.2) is 10.2 Å². The quantitative estimate of drug-likeness (QED) is 0.224. The number of hydrogen-bond acceptors (Lipinski definition) is 2. The van der Waals surface area contributed by atoms with E-state index in [-0.39, 0.29) is 0 Å². The monoisotopic (exact) mass is 498 g/mol. The Morgan fingerprint density at radius 2 is 0.974 bits per heavy atom. The third-order valence-electron chi connectivity index (χ3n) is 7.42. The highest BCUT2D eigenvalue weighted by molar-refractivity contribution is 5.71. The summed E-state index contributed by atoms with van der Waals surface area (Å²) in [7, 11) is 0. The van der Waals surface area contributed by atoms with Crippen LogP contribution in [0.3, 0.4) is 0 Å². The summed E-state index contributed by atoms with van der Waals surface area (Å²) in [4.78, 5) is 0. The minimum absolute atomic E-state index is 0.313. The molecular weight excluding hydrogens is 464 g/mol. The Bertz CT molecular complexity index is 1510. The van der Waals surface area contributed by atoms with E-state index in [0.717, 1.165) is 35.1 Å². The number of hydrogen-bond donors (Lipinski definition) is 2. The van der Waals surface area contributed by atoms with Gasteiger partial charge in [0.05, 0.1) is 0 Å². The third-order valence-corrected chi connectivity index (χ3v) is 7.42. The zero-order valence-corrected chi connectivity index (χ0v) is 22.0. The molecule has 0 saturated carbocycles. The molecule has 0 aliphatic rings. The first-order chi connectivity index (χ1) is 18.5. The standard InChI is InChI=1S/C36H34O2/c1-25(21-28-16-18-35(37)33(23-28)29-11-5-3-6-12-29)31-15-9-10-27(22-31)20-26(2)32-17-19-36(38)34(24-32)30-13-7-4-8-14-30/h3-19,22-26,37-38H,20-21H2,1-2H3. The van der Waals surface area contributed by atoms with Gasteiger partial charge in [-0.15, -0.1) is 0 Å². The Hall–Kier alpha value is -4.30. The minimum Gasteiger partial charge on any atom is -0.507 e. The molecule has 0 aliphatic heterocycles. The first-order valence-corrected chi connectivity index (χ1v) is 13.3. The lowest BCUT2D eigenvalue weighted by atomic mass is 9.88. The zero-order valence-electron chi connectivity index (χ0n) is 22.0. The number of phenolic OH excluding ortho intramolecular Hbond substituents is 2. The van der Waals surface area contributed by atoms with Gasteiger partial charge in [-0.25, -0.2) is 0 Å². The van der Waals surface area contributed by atoms with Crippen LogP contribution in [0.4, 0.5) is 0 Å². The van der Waals surface area contributed by atoms with Gasteiger partial charge in [0, 0.05) is 11.1 Å². The second-order valence-electron chi connectivity index (χ2n) is 10.3. The summed E-state index contributed by atoms with van der Waals surface area (Å²) in [5.74, 6) is 1.28. The van der Waals surface area contributed by atoms with Crippen molar-refractivity contribution in [3.05, 3.63) is 144 Å². The molecule has 0 bridgehead atoms. The van der Waals surface area contributed by atoms with Crippen molar-refractivity contribution >= 4 is 0 Å². The molecule has 0 saturated heterocycles. The van der Waals surface area contributed by atoms with Gasteiger partial charge in [0.2, 0.25) is 0 Å². The molecule has 0 heterocycles.